The van der Waals surface area contributed by atoms with Crippen LogP contribution in [0.4, 0.5) is 17.3 Å². The van der Waals surface area contributed by atoms with Gasteiger partial charge in [-0.2, -0.15) is 0 Å². The van der Waals surface area contributed by atoms with Gasteiger partial charge in [0.15, 0.2) is 17.2 Å². The highest BCUT2D eigenvalue weighted by Crippen LogP contribution is 2.27. The summed E-state index contributed by atoms with van der Waals surface area (Å²) in [6.45, 7) is 2.19. The maximum atomic E-state index is 12.8. The Kier molecular flexibility index (Phi) is 3.94. The molecule has 146 valence electrons. The summed E-state index contributed by atoms with van der Waals surface area (Å²) in [4.78, 5) is 21.9. The molecule has 3 aromatic heterocycles. The molecule has 1 amide bonds. The molecule has 0 saturated carbocycles. The zero-order valence-corrected chi connectivity index (χ0v) is 15.9. The molecule has 1 aliphatic heterocycles. The summed E-state index contributed by atoms with van der Waals surface area (Å²) >= 11 is 0. The minimum absolute atomic E-state index is 0.223. The van der Waals surface area contributed by atoms with Crippen LogP contribution in [0.15, 0.2) is 42.6 Å². The lowest BCUT2D eigenvalue weighted by Crippen LogP contribution is -2.37. The van der Waals surface area contributed by atoms with E-state index in [1.165, 1.54) is 10.7 Å². The molecular weight excluding hydrogens is 370 g/mol. The lowest BCUT2D eigenvalue weighted by molar-refractivity contribution is 0.0920. The van der Waals surface area contributed by atoms with E-state index in [-0.39, 0.29) is 11.9 Å². The number of carbonyl (C=O) groups excluding carboxylic acids is 1. The summed E-state index contributed by atoms with van der Waals surface area (Å²) in [5.41, 5.74) is 2.39. The van der Waals surface area contributed by atoms with Gasteiger partial charge in [-0.25, -0.2) is 14.5 Å². The van der Waals surface area contributed by atoms with Crippen molar-refractivity contribution < 1.29 is 9.53 Å². The fourth-order valence-electron chi connectivity index (χ4n) is 3.36. The van der Waals surface area contributed by atoms with E-state index in [0.29, 0.717) is 35.3 Å². The fraction of sp³-hybridized carbons (Fsp3) is 0.200. The first-order valence-corrected chi connectivity index (χ1v) is 9.29. The highest BCUT2D eigenvalue weighted by molar-refractivity contribution is 5.94. The summed E-state index contributed by atoms with van der Waals surface area (Å²) in [5.74, 6) is 1.55. The van der Waals surface area contributed by atoms with Gasteiger partial charge in [-0.05, 0) is 25.1 Å². The maximum Gasteiger partial charge on any atom is 0.271 e. The van der Waals surface area contributed by atoms with Crippen LogP contribution in [0.25, 0.3) is 16.6 Å². The van der Waals surface area contributed by atoms with Crippen molar-refractivity contribution in [1.29, 1.82) is 0 Å². The molecule has 0 radical (unpaired) electrons. The number of carbonyl (C=O) groups is 1. The standard InChI is InChI=1S/C20H19N7O2/c1-11-10-29-15-5-3-4-12-6-7-16(25-18(12)15)24-17-8-13(21-2)19-22-9-14(20(28)23-11)27(19)26-17/h3-9,11,21H,10H2,1-2H3,(H,23,28)(H,24,25,26). The topological polar surface area (TPSA) is 105 Å². The van der Waals surface area contributed by atoms with E-state index >= 15 is 0 Å². The Bertz CT molecular complexity index is 1250. The number of hydrogen-bond acceptors (Lipinski definition) is 7. The second-order valence-electron chi connectivity index (χ2n) is 6.91. The van der Waals surface area contributed by atoms with E-state index in [0.717, 1.165) is 16.6 Å². The van der Waals surface area contributed by atoms with Gasteiger partial charge in [-0.15, -0.1) is 5.10 Å². The number of fused-ring (bicyclic) bond motifs is 2. The number of ether oxygens (including phenoxy) is 1. The molecule has 1 aliphatic rings. The first-order chi connectivity index (χ1) is 14.1. The third kappa shape index (κ3) is 2.96. The predicted molar refractivity (Wildman–Crippen MR) is 110 cm³/mol. The molecule has 5 rings (SSSR count). The Labute approximate surface area is 166 Å². The van der Waals surface area contributed by atoms with Crippen LogP contribution in [0.1, 0.15) is 17.4 Å². The number of rotatable bonds is 1. The van der Waals surface area contributed by atoms with Crippen molar-refractivity contribution in [3.8, 4) is 5.75 Å². The van der Waals surface area contributed by atoms with Gasteiger partial charge in [0.25, 0.3) is 5.91 Å². The zero-order chi connectivity index (χ0) is 20.0. The summed E-state index contributed by atoms with van der Waals surface area (Å²) in [5, 5.41) is 14.8. The van der Waals surface area contributed by atoms with E-state index in [1.807, 2.05) is 43.3 Å². The van der Waals surface area contributed by atoms with E-state index < -0.39 is 0 Å². The fourth-order valence-corrected chi connectivity index (χ4v) is 3.36. The molecule has 1 unspecified atom stereocenters. The summed E-state index contributed by atoms with van der Waals surface area (Å²) in [6, 6.07) is 11.2. The third-order valence-corrected chi connectivity index (χ3v) is 4.78. The summed E-state index contributed by atoms with van der Waals surface area (Å²) < 4.78 is 7.49. The van der Waals surface area contributed by atoms with Crippen molar-refractivity contribution in [2.75, 3.05) is 24.3 Å². The Morgan fingerprint density at radius 3 is 3.00 bits per heavy atom. The SMILES string of the molecule is CNc1cc2nn3c(cnc13)C(=O)NC(C)COc1cccc3ccc(nc13)N2. The average molecular weight is 389 g/mol. The van der Waals surface area contributed by atoms with Gasteiger partial charge < -0.3 is 20.7 Å². The molecule has 1 aromatic carbocycles. The largest absolute Gasteiger partial charge is 0.489 e. The minimum atomic E-state index is -0.271. The molecule has 9 heteroatoms. The van der Waals surface area contributed by atoms with Gasteiger partial charge in [0.1, 0.15) is 23.7 Å². The van der Waals surface area contributed by atoms with E-state index in [1.54, 1.807) is 7.05 Å². The van der Waals surface area contributed by atoms with E-state index in [2.05, 4.69) is 26.0 Å². The molecule has 4 aromatic rings. The number of hydrogen-bond donors (Lipinski definition) is 3. The Morgan fingerprint density at radius 2 is 2.14 bits per heavy atom. The van der Waals surface area contributed by atoms with Gasteiger partial charge >= 0.3 is 0 Å². The molecule has 4 bridgehead atoms. The smallest absolute Gasteiger partial charge is 0.271 e. The van der Waals surface area contributed by atoms with Crippen LogP contribution in [-0.2, 0) is 0 Å². The van der Waals surface area contributed by atoms with Crippen molar-refractivity contribution in [2.45, 2.75) is 13.0 Å². The van der Waals surface area contributed by atoms with Crippen LogP contribution in [0.2, 0.25) is 0 Å². The minimum Gasteiger partial charge on any atom is -0.489 e. The number of pyridine rings is 1. The Morgan fingerprint density at radius 1 is 1.24 bits per heavy atom. The number of amides is 1. The third-order valence-electron chi connectivity index (χ3n) is 4.78. The van der Waals surface area contributed by atoms with Crippen LogP contribution < -0.4 is 20.7 Å². The highest BCUT2D eigenvalue weighted by atomic mass is 16.5. The Hall–Kier alpha value is -3.88. The van der Waals surface area contributed by atoms with Crippen molar-refractivity contribution in [3.05, 3.63) is 48.3 Å². The summed E-state index contributed by atoms with van der Waals surface area (Å²) in [7, 11) is 1.80. The highest BCUT2D eigenvalue weighted by Gasteiger charge is 2.19. The number of anilines is 3. The molecule has 4 heterocycles. The van der Waals surface area contributed by atoms with Gasteiger partial charge in [0.05, 0.1) is 17.9 Å². The quantitative estimate of drug-likeness (QED) is 0.459. The molecule has 3 N–H and O–H groups in total. The molecular formula is C20H19N7O2. The van der Waals surface area contributed by atoms with Crippen LogP contribution in [0.3, 0.4) is 0 Å². The molecule has 1 atom stereocenters. The number of nitrogens with zero attached hydrogens (tertiary/aromatic N) is 4. The van der Waals surface area contributed by atoms with Crippen molar-refractivity contribution in [3.63, 3.8) is 0 Å². The number of aromatic nitrogens is 4. The second-order valence-corrected chi connectivity index (χ2v) is 6.91. The zero-order valence-electron chi connectivity index (χ0n) is 15.9. The molecule has 0 fully saturated rings. The number of para-hydroxylation sites is 1. The summed E-state index contributed by atoms with van der Waals surface area (Å²) in [6.07, 6.45) is 1.52. The van der Waals surface area contributed by atoms with Crippen molar-refractivity contribution in [2.24, 2.45) is 0 Å². The Balaban J connectivity index is 1.71. The molecule has 0 aliphatic carbocycles. The average Bonchev–Trinajstić information content (AvgIpc) is 3.15. The predicted octanol–water partition coefficient (Wildman–Crippen LogP) is 2.57. The van der Waals surface area contributed by atoms with Gasteiger partial charge in [-0.1, -0.05) is 12.1 Å². The molecule has 0 spiro atoms. The number of imidazole rings is 1. The van der Waals surface area contributed by atoms with Crippen molar-refractivity contribution in [1.82, 2.24) is 24.9 Å². The normalized spacial score (nSPS) is 16.3. The maximum absolute atomic E-state index is 12.8. The van der Waals surface area contributed by atoms with E-state index in [4.69, 9.17) is 9.72 Å². The van der Waals surface area contributed by atoms with Gasteiger partial charge in [0.2, 0.25) is 0 Å². The van der Waals surface area contributed by atoms with Crippen LogP contribution >= 0.6 is 0 Å². The van der Waals surface area contributed by atoms with Crippen molar-refractivity contribution >= 4 is 39.8 Å². The monoisotopic (exact) mass is 389 g/mol. The molecule has 9 nitrogen and oxygen atoms in total. The molecule has 29 heavy (non-hydrogen) atoms. The van der Waals surface area contributed by atoms with E-state index in [9.17, 15) is 4.79 Å². The first kappa shape index (κ1) is 17.2. The van der Waals surface area contributed by atoms with Crippen LogP contribution in [-0.4, -0.2) is 45.2 Å². The van der Waals surface area contributed by atoms with Gasteiger partial charge in [-0.3, -0.25) is 4.79 Å². The first-order valence-electron chi connectivity index (χ1n) is 9.29. The number of nitrogens with one attached hydrogen (secondary N) is 3. The molecule has 0 saturated heterocycles. The number of benzene rings is 1. The van der Waals surface area contributed by atoms with Crippen LogP contribution in [0.5, 0.6) is 5.75 Å². The second kappa shape index (κ2) is 6.62. The lowest BCUT2D eigenvalue weighted by Gasteiger charge is -2.17. The lowest BCUT2D eigenvalue weighted by atomic mass is 10.2. The van der Waals surface area contributed by atoms with Crippen LogP contribution in [0, 0.1) is 0 Å². The van der Waals surface area contributed by atoms with Gasteiger partial charge in [0, 0.05) is 18.5 Å².